The minimum absolute atomic E-state index is 0.0710. The lowest BCUT2D eigenvalue weighted by Crippen LogP contribution is -2.66. The summed E-state index contributed by atoms with van der Waals surface area (Å²) in [4.78, 5) is 37.4. The van der Waals surface area contributed by atoms with Crippen LogP contribution in [0.2, 0.25) is 5.02 Å². The second-order valence-corrected chi connectivity index (χ2v) is 13.1. The molecule has 0 spiro atoms. The van der Waals surface area contributed by atoms with Crippen LogP contribution in [0, 0.1) is 5.82 Å². The first kappa shape index (κ1) is 31.7. The fourth-order valence-electron chi connectivity index (χ4n) is 6.13. The number of esters is 2. The molecule has 3 aliphatic heterocycles. The van der Waals surface area contributed by atoms with Crippen LogP contribution in [0.5, 0.6) is 0 Å². The third-order valence-corrected chi connectivity index (χ3v) is 9.55. The molecule has 0 aliphatic carbocycles. The molecule has 11 nitrogen and oxygen atoms in total. The largest absolute Gasteiger partial charge is 0.466 e. The van der Waals surface area contributed by atoms with Gasteiger partial charge in [0.25, 0.3) is 0 Å². The number of carbonyl (C=O) groups excluding carboxylic acids is 2. The van der Waals surface area contributed by atoms with Gasteiger partial charge >= 0.3 is 11.9 Å². The first-order valence-electron chi connectivity index (χ1n) is 13.7. The molecule has 232 valence electrons. The molecule has 15 heteroatoms. The summed E-state index contributed by atoms with van der Waals surface area (Å²) in [7, 11) is -0.0822. The Labute approximate surface area is 260 Å². The summed E-state index contributed by atoms with van der Waals surface area (Å²) in [6, 6.07) is 2.73. The van der Waals surface area contributed by atoms with Gasteiger partial charge in [0.05, 0.1) is 49.9 Å². The Morgan fingerprint density at radius 2 is 2.07 bits per heavy atom. The summed E-state index contributed by atoms with van der Waals surface area (Å²) in [5.41, 5.74) is 0.478. The van der Waals surface area contributed by atoms with Crippen LogP contribution < -0.4 is 10.0 Å². The molecule has 4 heterocycles. The average molecular weight is 654 g/mol. The topological polar surface area (TPSA) is 131 Å². The van der Waals surface area contributed by atoms with Crippen molar-refractivity contribution in [3.05, 3.63) is 62.5 Å². The Bertz CT molecular complexity index is 1440. The Balaban J connectivity index is 1.53. The molecular weight excluding hydrogens is 621 g/mol. The summed E-state index contributed by atoms with van der Waals surface area (Å²) < 4.78 is 45.9. The molecule has 43 heavy (non-hydrogen) atoms. The number of hydrogen-bond donors (Lipinski definition) is 2. The molecule has 3 aliphatic rings. The summed E-state index contributed by atoms with van der Waals surface area (Å²) in [6.07, 6.45) is 4.20. The molecule has 3 unspecified atom stereocenters. The molecule has 0 amide bonds. The number of rotatable bonds is 10. The van der Waals surface area contributed by atoms with Crippen molar-refractivity contribution >= 4 is 51.7 Å². The quantitative estimate of drug-likeness (QED) is 0.372. The third-order valence-electron chi connectivity index (χ3n) is 7.72. The number of morpholine rings is 1. The van der Waals surface area contributed by atoms with E-state index in [0.29, 0.717) is 48.2 Å². The van der Waals surface area contributed by atoms with Crippen molar-refractivity contribution in [2.45, 2.75) is 49.9 Å². The minimum Gasteiger partial charge on any atom is -0.466 e. The highest BCUT2D eigenvalue weighted by Crippen LogP contribution is 2.40. The monoisotopic (exact) mass is 653 g/mol. The molecule has 2 aromatic rings. The maximum atomic E-state index is 14.0. The van der Waals surface area contributed by atoms with E-state index in [-0.39, 0.29) is 48.2 Å². The molecule has 2 fully saturated rings. The van der Waals surface area contributed by atoms with E-state index in [1.165, 1.54) is 36.6 Å². The predicted molar refractivity (Wildman–Crippen MR) is 160 cm³/mol. The van der Waals surface area contributed by atoms with Gasteiger partial charge in [-0.2, -0.15) is 0 Å². The SMILES string of the molecule is CCOC(=O)CC1(NS(C)=O)CC2COCC(C1)N2CC1=C(C(=O)OC)[C@H](c2ccc(F)cc2Cl)N=C(c2nccs2)N1. The Morgan fingerprint density at radius 1 is 1.33 bits per heavy atom. The van der Waals surface area contributed by atoms with Gasteiger partial charge in [0.1, 0.15) is 11.9 Å². The highest BCUT2D eigenvalue weighted by molar-refractivity contribution is 7.82. The normalized spacial score (nSPS) is 26.3. The number of nitrogens with zero attached hydrogens (tertiary/aromatic N) is 3. The van der Waals surface area contributed by atoms with Crippen LogP contribution in [0.25, 0.3) is 0 Å². The molecular formula is C28H33ClFN5O6S2. The lowest BCUT2D eigenvalue weighted by molar-refractivity contribution is -0.148. The number of nitrogens with one attached hydrogen (secondary N) is 2. The van der Waals surface area contributed by atoms with E-state index in [2.05, 4.69) is 19.9 Å². The molecule has 1 aromatic heterocycles. The Kier molecular flexibility index (Phi) is 9.93. The Morgan fingerprint density at radius 3 is 2.67 bits per heavy atom. The highest BCUT2D eigenvalue weighted by atomic mass is 35.5. The van der Waals surface area contributed by atoms with Gasteiger partial charge in [0, 0.05) is 58.3 Å². The zero-order valence-corrected chi connectivity index (χ0v) is 26.3. The Hall–Kier alpha value is -2.75. The average Bonchev–Trinajstić information content (AvgIpc) is 3.48. The van der Waals surface area contributed by atoms with Crippen LogP contribution in [0.4, 0.5) is 4.39 Å². The van der Waals surface area contributed by atoms with Crippen LogP contribution in [-0.2, 0) is 34.8 Å². The number of fused-ring (bicyclic) bond motifs is 2. The van der Waals surface area contributed by atoms with Crippen molar-refractivity contribution in [3.63, 3.8) is 0 Å². The molecule has 2 N–H and O–H groups in total. The van der Waals surface area contributed by atoms with E-state index >= 15 is 0 Å². The van der Waals surface area contributed by atoms with Crippen molar-refractivity contribution in [1.82, 2.24) is 19.9 Å². The number of halogens is 2. The lowest BCUT2D eigenvalue weighted by Gasteiger charge is -2.53. The van der Waals surface area contributed by atoms with Gasteiger partial charge in [-0.15, -0.1) is 11.3 Å². The zero-order valence-electron chi connectivity index (χ0n) is 23.9. The maximum absolute atomic E-state index is 14.0. The van der Waals surface area contributed by atoms with Crippen molar-refractivity contribution in [3.8, 4) is 0 Å². The number of ether oxygens (including phenoxy) is 3. The zero-order chi connectivity index (χ0) is 30.7. The van der Waals surface area contributed by atoms with Gasteiger partial charge < -0.3 is 19.5 Å². The van der Waals surface area contributed by atoms with Gasteiger partial charge in [-0.05, 0) is 31.9 Å². The third kappa shape index (κ3) is 6.99. The number of thiazole rings is 1. The van der Waals surface area contributed by atoms with Gasteiger partial charge in [0.2, 0.25) is 0 Å². The summed E-state index contributed by atoms with van der Waals surface area (Å²) in [5.74, 6) is -1.03. The molecule has 4 atom stereocenters. The van der Waals surface area contributed by atoms with E-state index in [1.54, 1.807) is 19.4 Å². The first-order valence-corrected chi connectivity index (χ1v) is 16.6. The second kappa shape index (κ2) is 13.5. The number of piperidine rings is 1. The molecule has 0 saturated carbocycles. The lowest BCUT2D eigenvalue weighted by atomic mass is 9.77. The van der Waals surface area contributed by atoms with Crippen molar-refractivity contribution in [2.75, 3.05) is 39.7 Å². The van der Waals surface area contributed by atoms with Crippen molar-refractivity contribution < 1.29 is 32.4 Å². The summed E-state index contributed by atoms with van der Waals surface area (Å²) >= 11 is 7.87. The van der Waals surface area contributed by atoms with Gasteiger partial charge in [0.15, 0.2) is 10.8 Å². The fraction of sp³-hybridized carbons (Fsp3) is 0.500. The van der Waals surface area contributed by atoms with Crippen LogP contribution in [-0.4, -0.2) is 89.2 Å². The fourth-order valence-corrected chi connectivity index (χ4v) is 7.84. The van der Waals surface area contributed by atoms with Gasteiger partial charge in [-0.1, -0.05) is 17.7 Å². The number of hydrogen-bond acceptors (Lipinski definition) is 11. The maximum Gasteiger partial charge on any atom is 0.338 e. The van der Waals surface area contributed by atoms with Crippen molar-refractivity contribution in [1.29, 1.82) is 0 Å². The first-order chi connectivity index (χ1) is 20.6. The standard InChI is InChI=1S/C28H33ClFN5O6S2/c1-4-41-22(36)12-28(34-43(3)38)10-17-14-40-15-18(11-28)35(17)13-21-23(27(37)39-2)24(19-6-5-16(30)9-20(19)29)33-25(32-21)26-31-7-8-42-26/h5-9,17-18,24,34H,4,10-15H2,1-3H3,(H,32,33)/t17?,18?,24-,28?,43?/m0/s1. The number of methoxy groups -OCH3 is 1. The van der Waals surface area contributed by atoms with Crippen LogP contribution in [0.1, 0.15) is 42.8 Å². The van der Waals surface area contributed by atoms with E-state index in [0.717, 1.165) is 0 Å². The number of carbonyl (C=O) groups is 2. The van der Waals surface area contributed by atoms with Crippen LogP contribution in [0.15, 0.2) is 46.0 Å². The molecule has 5 rings (SSSR count). The predicted octanol–water partition coefficient (Wildman–Crippen LogP) is 2.89. The smallest absolute Gasteiger partial charge is 0.338 e. The van der Waals surface area contributed by atoms with Gasteiger partial charge in [-0.25, -0.2) is 23.1 Å². The number of benzene rings is 1. The van der Waals surface area contributed by atoms with Crippen LogP contribution in [0.3, 0.4) is 0 Å². The summed E-state index contributed by atoms with van der Waals surface area (Å²) in [6.45, 7) is 3.04. The van der Waals surface area contributed by atoms with E-state index in [4.69, 9.17) is 30.8 Å². The molecule has 2 saturated heterocycles. The van der Waals surface area contributed by atoms with E-state index in [1.807, 2.05) is 5.38 Å². The molecule has 2 bridgehead atoms. The van der Waals surface area contributed by atoms with Crippen LogP contribution >= 0.6 is 22.9 Å². The van der Waals surface area contributed by atoms with Crippen molar-refractivity contribution in [2.24, 2.45) is 4.99 Å². The van der Waals surface area contributed by atoms with E-state index < -0.39 is 34.4 Å². The number of aliphatic imine (C=N–C) groups is 1. The minimum atomic E-state index is -1.37. The number of aromatic nitrogens is 1. The molecule has 1 aromatic carbocycles. The second-order valence-electron chi connectivity index (χ2n) is 10.6. The molecule has 0 radical (unpaired) electrons. The van der Waals surface area contributed by atoms with E-state index in [9.17, 15) is 18.2 Å². The van der Waals surface area contributed by atoms with Gasteiger partial charge in [-0.3, -0.25) is 14.7 Å². The number of amidine groups is 1. The highest BCUT2D eigenvalue weighted by Gasteiger charge is 2.49. The summed E-state index contributed by atoms with van der Waals surface area (Å²) in [5, 5.41) is 5.88.